The molecule has 0 aliphatic heterocycles. The first-order chi connectivity index (χ1) is 11.0. The number of hydrogen-bond donors (Lipinski definition) is 7. The van der Waals surface area contributed by atoms with Gasteiger partial charge in [-0.25, -0.2) is 4.79 Å². The van der Waals surface area contributed by atoms with Crippen molar-refractivity contribution in [2.24, 2.45) is 11.5 Å². The molecule has 0 saturated carbocycles. The summed E-state index contributed by atoms with van der Waals surface area (Å²) in [7, 11) is 0. The molecule has 9 N–H and O–H groups in total. The van der Waals surface area contributed by atoms with Crippen LogP contribution in [0.3, 0.4) is 0 Å². The van der Waals surface area contributed by atoms with E-state index < -0.39 is 54.0 Å². The minimum Gasteiger partial charge on any atom is -0.480 e. The van der Waals surface area contributed by atoms with E-state index in [1.807, 2.05) is 0 Å². The van der Waals surface area contributed by atoms with Crippen molar-refractivity contribution in [2.45, 2.75) is 57.0 Å². The maximum atomic E-state index is 12.1. The molecule has 0 radical (unpaired) electrons. The van der Waals surface area contributed by atoms with Crippen molar-refractivity contribution >= 4 is 23.7 Å². The Morgan fingerprint density at radius 3 is 1.92 bits per heavy atom. The fourth-order valence-corrected chi connectivity index (χ4v) is 1.68. The van der Waals surface area contributed by atoms with Gasteiger partial charge in [-0.15, -0.1) is 0 Å². The van der Waals surface area contributed by atoms with Gasteiger partial charge in [-0.2, -0.15) is 0 Å². The number of nitrogens with one attached hydrogen (secondary N) is 2. The summed E-state index contributed by atoms with van der Waals surface area (Å²) in [5.41, 5.74) is 10.3. The minimum absolute atomic E-state index is 0.246. The van der Waals surface area contributed by atoms with Gasteiger partial charge >= 0.3 is 5.97 Å². The fourth-order valence-electron chi connectivity index (χ4n) is 1.68. The molecular formula is C13H24N4O7. The number of carboxylic acid groups (broad SMARTS) is 1. The number of carboxylic acids is 1. The molecule has 0 bridgehead atoms. The molecule has 0 aromatic rings. The largest absolute Gasteiger partial charge is 0.480 e. The predicted octanol–water partition coefficient (Wildman–Crippen LogP) is -3.60. The van der Waals surface area contributed by atoms with Crippen LogP contribution in [-0.2, 0) is 19.2 Å². The zero-order chi connectivity index (χ0) is 19.0. The Bertz CT molecular complexity index is 481. The first kappa shape index (κ1) is 21.8. The van der Waals surface area contributed by atoms with Gasteiger partial charge < -0.3 is 37.4 Å². The molecule has 24 heavy (non-hydrogen) atoms. The average Bonchev–Trinajstić information content (AvgIpc) is 2.46. The molecule has 3 amide bonds. The SMILES string of the molecule is CC(O)C(N)C(=O)NC(C(=O)NC(CCC(N)=O)C(=O)O)C(C)O. The third-order valence-corrected chi connectivity index (χ3v) is 3.18. The van der Waals surface area contributed by atoms with Crippen LogP contribution in [0.15, 0.2) is 0 Å². The molecule has 0 aromatic heterocycles. The lowest BCUT2D eigenvalue weighted by molar-refractivity contribution is -0.143. The number of carbonyl (C=O) groups is 4. The summed E-state index contributed by atoms with van der Waals surface area (Å²) >= 11 is 0. The van der Waals surface area contributed by atoms with Gasteiger partial charge in [-0.1, -0.05) is 0 Å². The van der Waals surface area contributed by atoms with E-state index in [0.29, 0.717) is 0 Å². The first-order valence-corrected chi connectivity index (χ1v) is 7.21. The maximum Gasteiger partial charge on any atom is 0.326 e. The van der Waals surface area contributed by atoms with E-state index in [-0.39, 0.29) is 12.8 Å². The van der Waals surface area contributed by atoms with Crippen LogP contribution < -0.4 is 22.1 Å². The lowest BCUT2D eigenvalue weighted by Crippen LogP contribution is -2.59. The van der Waals surface area contributed by atoms with Crippen LogP contribution >= 0.6 is 0 Å². The molecule has 0 heterocycles. The normalized spacial score (nSPS) is 17.0. The van der Waals surface area contributed by atoms with E-state index in [1.54, 1.807) is 0 Å². The Labute approximate surface area is 138 Å². The van der Waals surface area contributed by atoms with Crippen molar-refractivity contribution in [3.63, 3.8) is 0 Å². The van der Waals surface area contributed by atoms with Gasteiger partial charge in [0, 0.05) is 6.42 Å². The Hall–Kier alpha value is -2.24. The summed E-state index contributed by atoms with van der Waals surface area (Å²) in [4.78, 5) is 45.7. The maximum absolute atomic E-state index is 12.1. The monoisotopic (exact) mass is 348 g/mol. The smallest absolute Gasteiger partial charge is 0.326 e. The van der Waals surface area contributed by atoms with Crippen LogP contribution in [0.5, 0.6) is 0 Å². The van der Waals surface area contributed by atoms with Crippen molar-refractivity contribution in [3.8, 4) is 0 Å². The highest BCUT2D eigenvalue weighted by Crippen LogP contribution is 2.01. The molecule has 0 aliphatic carbocycles. The van der Waals surface area contributed by atoms with Crippen molar-refractivity contribution in [1.29, 1.82) is 0 Å². The molecule has 5 atom stereocenters. The summed E-state index contributed by atoms with van der Waals surface area (Å²) < 4.78 is 0. The van der Waals surface area contributed by atoms with Crippen molar-refractivity contribution in [3.05, 3.63) is 0 Å². The second-order valence-electron chi connectivity index (χ2n) is 5.40. The van der Waals surface area contributed by atoms with Gasteiger partial charge in [0.1, 0.15) is 18.1 Å². The van der Waals surface area contributed by atoms with E-state index in [1.165, 1.54) is 13.8 Å². The zero-order valence-corrected chi connectivity index (χ0v) is 13.4. The highest BCUT2D eigenvalue weighted by atomic mass is 16.4. The molecule has 5 unspecified atom stereocenters. The quantitative estimate of drug-likeness (QED) is 0.209. The van der Waals surface area contributed by atoms with Crippen LogP contribution in [-0.4, -0.2) is 69.3 Å². The number of primary amides is 1. The highest BCUT2D eigenvalue weighted by Gasteiger charge is 2.31. The van der Waals surface area contributed by atoms with E-state index in [2.05, 4.69) is 10.6 Å². The van der Waals surface area contributed by atoms with Gasteiger partial charge in [0.05, 0.1) is 12.2 Å². The molecule has 0 aromatic carbocycles. The summed E-state index contributed by atoms with van der Waals surface area (Å²) in [6.07, 6.45) is -3.06. The predicted molar refractivity (Wildman–Crippen MR) is 81.3 cm³/mol. The van der Waals surface area contributed by atoms with Crippen LogP contribution in [0.2, 0.25) is 0 Å². The van der Waals surface area contributed by atoms with Crippen LogP contribution in [0.1, 0.15) is 26.7 Å². The van der Waals surface area contributed by atoms with Gasteiger partial charge in [0.25, 0.3) is 0 Å². The van der Waals surface area contributed by atoms with Crippen LogP contribution in [0, 0.1) is 0 Å². The Morgan fingerprint density at radius 2 is 1.54 bits per heavy atom. The summed E-state index contributed by atoms with van der Waals surface area (Å²) in [6, 6.07) is -4.24. The van der Waals surface area contributed by atoms with Crippen LogP contribution in [0.4, 0.5) is 0 Å². The Balaban J connectivity index is 4.97. The number of carbonyl (C=O) groups excluding carboxylic acids is 3. The number of aliphatic hydroxyl groups is 2. The molecule has 0 saturated heterocycles. The number of aliphatic hydroxyl groups excluding tert-OH is 2. The minimum atomic E-state index is -1.49. The van der Waals surface area contributed by atoms with Gasteiger partial charge in [0.15, 0.2) is 0 Å². The summed E-state index contributed by atoms with van der Waals surface area (Å²) in [5, 5.41) is 32.1. The molecular weight excluding hydrogens is 324 g/mol. The second-order valence-corrected chi connectivity index (χ2v) is 5.40. The van der Waals surface area contributed by atoms with Crippen molar-refractivity contribution < 1.29 is 34.5 Å². The number of rotatable bonds is 10. The first-order valence-electron chi connectivity index (χ1n) is 7.21. The standard InChI is InChI=1S/C13H24N4O7/c1-5(18)9(15)11(21)17-10(6(2)19)12(22)16-7(13(23)24)3-4-8(14)20/h5-7,9-10,18-19H,3-4,15H2,1-2H3,(H2,14,20)(H,16,22)(H,17,21)(H,23,24). The topological polar surface area (TPSA) is 205 Å². The molecule has 0 aliphatic rings. The van der Waals surface area contributed by atoms with E-state index in [0.717, 1.165) is 0 Å². The Morgan fingerprint density at radius 1 is 1.00 bits per heavy atom. The van der Waals surface area contributed by atoms with Gasteiger partial charge in [-0.3, -0.25) is 14.4 Å². The van der Waals surface area contributed by atoms with Crippen LogP contribution in [0.25, 0.3) is 0 Å². The molecule has 11 nitrogen and oxygen atoms in total. The number of hydrogen-bond acceptors (Lipinski definition) is 7. The molecule has 138 valence electrons. The number of amides is 3. The number of aliphatic carboxylic acids is 1. The van der Waals surface area contributed by atoms with Gasteiger partial charge in [0.2, 0.25) is 17.7 Å². The van der Waals surface area contributed by atoms with Crippen molar-refractivity contribution in [1.82, 2.24) is 10.6 Å². The fraction of sp³-hybridized carbons (Fsp3) is 0.692. The van der Waals surface area contributed by atoms with E-state index in [4.69, 9.17) is 16.6 Å². The lowest BCUT2D eigenvalue weighted by Gasteiger charge is -2.25. The Kier molecular flexibility index (Phi) is 8.89. The van der Waals surface area contributed by atoms with Gasteiger partial charge in [-0.05, 0) is 20.3 Å². The third kappa shape index (κ3) is 7.35. The summed E-state index contributed by atoms with van der Waals surface area (Å²) in [6.45, 7) is 2.48. The molecule has 0 rings (SSSR count). The summed E-state index contributed by atoms with van der Waals surface area (Å²) in [5.74, 6) is -4.01. The lowest BCUT2D eigenvalue weighted by atomic mass is 10.1. The van der Waals surface area contributed by atoms with E-state index >= 15 is 0 Å². The zero-order valence-electron chi connectivity index (χ0n) is 13.4. The highest BCUT2D eigenvalue weighted by molar-refractivity contribution is 5.92. The molecule has 0 spiro atoms. The average molecular weight is 348 g/mol. The number of nitrogens with two attached hydrogens (primary N) is 2. The molecule has 11 heteroatoms. The van der Waals surface area contributed by atoms with Crippen molar-refractivity contribution in [2.75, 3.05) is 0 Å². The third-order valence-electron chi connectivity index (χ3n) is 3.18. The molecule has 0 fully saturated rings. The second kappa shape index (κ2) is 9.80. The van der Waals surface area contributed by atoms with E-state index in [9.17, 15) is 29.4 Å².